The van der Waals surface area contributed by atoms with E-state index in [1.807, 2.05) is 31.2 Å². The lowest BCUT2D eigenvalue weighted by atomic mass is 10.2. The second kappa shape index (κ2) is 8.65. The number of para-hydroxylation sites is 1. The van der Waals surface area contributed by atoms with Crippen LogP contribution in [0.15, 0.2) is 30.3 Å². The number of esters is 1. The maximum atomic E-state index is 12.2. The summed E-state index contributed by atoms with van der Waals surface area (Å²) in [5.74, 6) is 1.10. The maximum Gasteiger partial charge on any atom is 0.340 e. The number of ether oxygens (including phenoxy) is 1. The molecule has 2 aromatic rings. The molecule has 0 saturated carbocycles. The smallest absolute Gasteiger partial charge is 0.340 e. The molecule has 1 N–H and O–H groups in total. The molecule has 6 nitrogen and oxygen atoms in total. The number of benzene rings is 1. The Balaban J connectivity index is 1.85. The van der Waals surface area contributed by atoms with E-state index in [0.717, 1.165) is 24.7 Å². The van der Waals surface area contributed by atoms with Gasteiger partial charge in [0.2, 0.25) is 5.95 Å². The summed E-state index contributed by atoms with van der Waals surface area (Å²) in [4.78, 5) is 23.7. The number of hydrogen-bond acceptors (Lipinski definition) is 6. The van der Waals surface area contributed by atoms with E-state index in [4.69, 9.17) is 9.72 Å². The molecule has 0 aliphatic carbocycles. The second-order valence-corrected chi connectivity index (χ2v) is 6.49. The van der Waals surface area contributed by atoms with Gasteiger partial charge in [0, 0.05) is 24.8 Å². The molecule has 0 amide bonds. The predicted octanol–water partition coefficient (Wildman–Crippen LogP) is 4.09. The summed E-state index contributed by atoms with van der Waals surface area (Å²) in [7, 11) is 0. The number of aromatic nitrogens is 2. The summed E-state index contributed by atoms with van der Waals surface area (Å²) in [6.45, 7) is 6.09. The minimum atomic E-state index is -0.339. The highest BCUT2D eigenvalue weighted by Gasteiger charge is 2.16. The first kappa shape index (κ1) is 18.2. The summed E-state index contributed by atoms with van der Waals surface area (Å²) in [6.07, 6.45) is 4.87. The van der Waals surface area contributed by atoms with Crippen molar-refractivity contribution in [2.75, 3.05) is 29.9 Å². The van der Waals surface area contributed by atoms with Crippen molar-refractivity contribution in [2.45, 2.75) is 39.5 Å². The van der Waals surface area contributed by atoms with Crippen molar-refractivity contribution < 1.29 is 9.53 Å². The number of hydrogen-bond donors (Lipinski definition) is 1. The van der Waals surface area contributed by atoms with Gasteiger partial charge in [-0.3, -0.25) is 0 Å². The molecule has 0 spiro atoms. The van der Waals surface area contributed by atoms with Crippen LogP contribution in [0.1, 0.15) is 48.7 Å². The van der Waals surface area contributed by atoms with Crippen LogP contribution in [-0.2, 0) is 4.74 Å². The van der Waals surface area contributed by atoms with Crippen LogP contribution < -0.4 is 10.2 Å². The molecule has 2 heterocycles. The standard InChI is InChI=1S/C20H26N4O2/c1-3-26-19(25)16-10-6-7-11-17(16)22-18-14-15(2)21-20(23-18)24-12-8-4-5-9-13-24/h6-7,10-11,14H,3-5,8-9,12-13H2,1-2H3,(H,21,22,23). The Bertz CT molecular complexity index is 755. The fraction of sp³-hybridized carbons (Fsp3) is 0.450. The highest BCUT2D eigenvalue weighted by molar-refractivity contribution is 5.96. The van der Waals surface area contributed by atoms with E-state index in [1.165, 1.54) is 25.7 Å². The monoisotopic (exact) mass is 354 g/mol. The summed E-state index contributed by atoms with van der Waals surface area (Å²) in [5, 5.41) is 3.27. The van der Waals surface area contributed by atoms with E-state index >= 15 is 0 Å². The fourth-order valence-electron chi connectivity index (χ4n) is 3.15. The summed E-state index contributed by atoms with van der Waals surface area (Å²) >= 11 is 0. The van der Waals surface area contributed by atoms with E-state index < -0.39 is 0 Å². The van der Waals surface area contributed by atoms with Crippen molar-refractivity contribution >= 4 is 23.4 Å². The molecule has 6 heteroatoms. The average molecular weight is 354 g/mol. The fourth-order valence-corrected chi connectivity index (χ4v) is 3.15. The van der Waals surface area contributed by atoms with Crippen LogP contribution in [0.3, 0.4) is 0 Å². The first-order valence-corrected chi connectivity index (χ1v) is 9.31. The average Bonchev–Trinajstić information content (AvgIpc) is 2.91. The van der Waals surface area contributed by atoms with Gasteiger partial charge in [0.05, 0.1) is 17.9 Å². The summed E-state index contributed by atoms with van der Waals surface area (Å²) < 4.78 is 5.14. The zero-order valence-electron chi connectivity index (χ0n) is 15.5. The lowest BCUT2D eigenvalue weighted by Crippen LogP contribution is -2.26. The van der Waals surface area contributed by atoms with Gasteiger partial charge in [-0.25, -0.2) is 9.78 Å². The molecule has 1 aromatic carbocycles. The maximum absolute atomic E-state index is 12.2. The van der Waals surface area contributed by atoms with Gasteiger partial charge in [-0.05, 0) is 38.8 Å². The lowest BCUT2D eigenvalue weighted by Gasteiger charge is -2.21. The van der Waals surface area contributed by atoms with Crippen LogP contribution in [0.4, 0.5) is 17.5 Å². The van der Waals surface area contributed by atoms with Crippen molar-refractivity contribution in [3.63, 3.8) is 0 Å². The highest BCUT2D eigenvalue weighted by Crippen LogP contribution is 2.23. The molecular weight excluding hydrogens is 328 g/mol. The van der Waals surface area contributed by atoms with E-state index in [1.54, 1.807) is 13.0 Å². The van der Waals surface area contributed by atoms with Crippen LogP contribution in [-0.4, -0.2) is 35.6 Å². The highest BCUT2D eigenvalue weighted by atomic mass is 16.5. The predicted molar refractivity (Wildman–Crippen MR) is 103 cm³/mol. The molecule has 1 fully saturated rings. The number of carbonyl (C=O) groups excluding carboxylic acids is 1. The van der Waals surface area contributed by atoms with E-state index in [0.29, 0.717) is 23.7 Å². The molecule has 1 aliphatic rings. The van der Waals surface area contributed by atoms with Crippen LogP contribution in [0.2, 0.25) is 0 Å². The second-order valence-electron chi connectivity index (χ2n) is 6.49. The normalized spacial score (nSPS) is 14.6. The SMILES string of the molecule is CCOC(=O)c1ccccc1Nc1cc(C)nc(N2CCCCCC2)n1. The summed E-state index contributed by atoms with van der Waals surface area (Å²) in [5.41, 5.74) is 2.09. The van der Waals surface area contributed by atoms with Gasteiger partial charge < -0.3 is 15.0 Å². The number of nitrogens with zero attached hydrogens (tertiary/aromatic N) is 3. The Morgan fingerprint density at radius 2 is 1.88 bits per heavy atom. The minimum Gasteiger partial charge on any atom is -0.462 e. The third-order valence-electron chi connectivity index (χ3n) is 4.42. The number of nitrogens with one attached hydrogen (secondary N) is 1. The third kappa shape index (κ3) is 4.50. The lowest BCUT2D eigenvalue weighted by molar-refractivity contribution is 0.0527. The van der Waals surface area contributed by atoms with Crippen LogP contribution in [0, 0.1) is 6.92 Å². The topological polar surface area (TPSA) is 67.3 Å². The molecular formula is C20H26N4O2. The van der Waals surface area contributed by atoms with Crippen LogP contribution in [0.5, 0.6) is 0 Å². The van der Waals surface area contributed by atoms with Crippen molar-refractivity contribution in [2.24, 2.45) is 0 Å². The molecule has 1 aromatic heterocycles. The number of carbonyl (C=O) groups is 1. The Kier molecular flexibility index (Phi) is 6.04. The van der Waals surface area contributed by atoms with Crippen LogP contribution in [0.25, 0.3) is 0 Å². The van der Waals surface area contributed by atoms with Gasteiger partial charge in [-0.15, -0.1) is 0 Å². The van der Waals surface area contributed by atoms with Gasteiger partial charge in [0.15, 0.2) is 0 Å². The third-order valence-corrected chi connectivity index (χ3v) is 4.42. The summed E-state index contributed by atoms with van der Waals surface area (Å²) in [6, 6.07) is 9.21. The Morgan fingerprint density at radius 1 is 1.15 bits per heavy atom. The van der Waals surface area contributed by atoms with Crippen molar-refractivity contribution in [3.05, 3.63) is 41.6 Å². The van der Waals surface area contributed by atoms with Crippen molar-refractivity contribution in [1.29, 1.82) is 0 Å². The Hall–Kier alpha value is -2.63. The van der Waals surface area contributed by atoms with Gasteiger partial charge >= 0.3 is 5.97 Å². The molecule has 3 rings (SSSR count). The molecule has 1 saturated heterocycles. The Morgan fingerprint density at radius 3 is 2.62 bits per heavy atom. The van der Waals surface area contributed by atoms with Gasteiger partial charge in [0.25, 0.3) is 0 Å². The first-order chi connectivity index (χ1) is 12.7. The number of anilines is 3. The molecule has 138 valence electrons. The molecule has 0 atom stereocenters. The van der Waals surface area contributed by atoms with Gasteiger partial charge in [-0.2, -0.15) is 4.98 Å². The molecule has 0 bridgehead atoms. The zero-order chi connectivity index (χ0) is 18.4. The van der Waals surface area contributed by atoms with E-state index in [9.17, 15) is 4.79 Å². The van der Waals surface area contributed by atoms with Gasteiger partial charge in [0.1, 0.15) is 5.82 Å². The number of rotatable bonds is 5. The van der Waals surface area contributed by atoms with Gasteiger partial charge in [-0.1, -0.05) is 25.0 Å². The molecule has 0 unspecified atom stereocenters. The molecule has 1 aliphatic heterocycles. The minimum absolute atomic E-state index is 0.339. The Labute approximate surface area is 154 Å². The van der Waals surface area contributed by atoms with Crippen molar-refractivity contribution in [1.82, 2.24) is 9.97 Å². The van der Waals surface area contributed by atoms with Crippen molar-refractivity contribution in [3.8, 4) is 0 Å². The zero-order valence-corrected chi connectivity index (χ0v) is 15.5. The first-order valence-electron chi connectivity index (χ1n) is 9.31. The number of aryl methyl sites for hydroxylation is 1. The molecule has 26 heavy (non-hydrogen) atoms. The van der Waals surface area contributed by atoms with Crippen LogP contribution >= 0.6 is 0 Å². The van der Waals surface area contributed by atoms with E-state index in [-0.39, 0.29) is 5.97 Å². The van der Waals surface area contributed by atoms with E-state index in [2.05, 4.69) is 15.2 Å². The molecule has 0 radical (unpaired) electrons. The quantitative estimate of drug-likeness (QED) is 0.816. The largest absolute Gasteiger partial charge is 0.462 e.